The largest absolute Gasteiger partial charge is 0.456 e. The first-order valence-electron chi connectivity index (χ1n) is 15.9. The van der Waals surface area contributed by atoms with Gasteiger partial charge in [-0.05, 0) is 83.9 Å². The second kappa shape index (κ2) is 10.2. The Balaban J connectivity index is 1.19. The highest BCUT2D eigenvalue weighted by Crippen LogP contribution is 2.40. The molecular weight excluding hydrogens is 603 g/mol. The summed E-state index contributed by atoms with van der Waals surface area (Å²) >= 11 is 0. The van der Waals surface area contributed by atoms with E-state index in [1.165, 1.54) is 0 Å². The van der Waals surface area contributed by atoms with Gasteiger partial charge in [0.15, 0.2) is 5.69 Å². The SMILES string of the molecule is [C-]#[N+]c1cc(-c2cccc(-n3c4cnccc4c4cc5c(cc43)oc3ccccc35)c2)cc(-n2c3ccccc3c3cc(C#N)ccc32)c1. The second-order valence-electron chi connectivity index (χ2n) is 12.3. The zero-order valence-corrected chi connectivity index (χ0v) is 25.9. The summed E-state index contributed by atoms with van der Waals surface area (Å²) in [5.41, 5.74) is 10.7. The monoisotopic (exact) mass is 625 g/mol. The lowest BCUT2D eigenvalue weighted by atomic mass is 10.0. The minimum Gasteiger partial charge on any atom is -0.456 e. The van der Waals surface area contributed by atoms with E-state index in [0.717, 1.165) is 88.1 Å². The lowest BCUT2D eigenvalue weighted by molar-refractivity contribution is 0.669. The van der Waals surface area contributed by atoms with Crippen molar-refractivity contribution in [2.45, 2.75) is 0 Å². The van der Waals surface area contributed by atoms with Gasteiger partial charge in [0.2, 0.25) is 0 Å². The predicted octanol–water partition coefficient (Wildman–Crippen LogP) is 11.3. The lowest BCUT2D eigenvalue weighted by Crippen LogP contribution is -1.96. The number of benzene rings is 6. The first kappa shape index (κ1) is 27.0. The summed E-state index contributed by atoms with van der Waals surface area (Å²) in [4.78, 5) is 8.39. The highest BCUT2D eigenvalue weighted by atomic mass is 16.3. The maximum absolute atomic E-state index is 9.61. The number of aromatic nitrogens is 3. The van der Waals surface area contributed by atoms with Crippen LogP contribution < -0.4 is 0 Å². The highest BCUT2D eigenvalue weighted by Gasteiger charge is 2.18. The number of hydrogen-bond acceptors (Lipinski definition) is 3. The van der Waals surface area contributed by atoms with Crippen molar-refractivity contribution in [3.63, 3.8) is 0 Å². The first-order chi connectivity index (χ1) is 24.2. The van der Waals surface area contributed by atoms with Crippen LogP contribution in [-0.2, 0) is 0 Å². The third-order valence-electron chi connectivity index (χ3n) is 9.60. The van der Waals surface area contributed by atoms with Crippen molar-refractivity contribution in [1.82, 2.24) is 14.1 Å². The summed E-state index contributed by atoms with van der Waals surface area (Å²) < 4.78 is 10.7. The molecule has 0 aliphatic heterocycles. The van der Waals surface area contributed by atoms with Gasteiger partial charge in [-0.2, -0.15) is 5.26 Å². The van der Waals surface area contributed by atoms with Crippen LogP contribution in [0.15, 0.2) is 144 Å². The molecule has 0 N–H and O–H groups in total. The minimum absolute atomic E-state index is 0.547. The van der Waals surface area contributed by atoms with Gasteiger partial charge in [0.05, 0.1) is 46.5 Å². The molecule has 4 aromatic heterocycles. The van der Waals surface area contributed by atoms with Gasteiger partial charge in [0, 0.05) is 56.0 Å². The smallest absolute Gasteiger partial charge is 0.189 e. The molecule has 6 aromatic carbocycles. The van der Waals surface area contributed by atoms with Gasteiger partial charge < -0.3 is 13.6 Å². The molecule has 0 spiro atoms. The molecular formula is C43H23N5O. The predicted molar refractivity (Wildman–Crippen MR) is 197 cm³/mol. The maximum atomic E-state index is 9.61. The Morgan fingerprint density at radius 1 is 0.571 bits per heavy atom. The van der Waals surface area contributed by atoms with E-state index in [4.69, 9.17) is 11.0 Å². The maximum Gasteiger partial charge on any atom is 0.189 e. The third kappa shape index (κ3) is 3.96. The molecule has 0 fully saturated rings. The lowest BCUT2D eigenvalue weighted by Gasteiger charge is -2.13. The van der Waals surface area contributed by atoms with Crippen molar-refractivity contribution in [3.05, 3.63) is 157 Å². The molecule has 0 amide bonds. The Morgan fingerprint density at radius 3 is 2.24 bits per heavy atom. The second-order valence-corrected chi connectivity index (χ2v) is 12.3. The van der Waals surface area contributed by atoms with Gasteiger partial charge >= 0.3 is 0 Å². The summed E-state index contributed by atoms with van der Waals surface area (Å²) in [6, 6.07) is 45.3. The molecule has 10 rings (SSSR count). The van der Waals surface area contributed by atoms with Crippen LogP contribution in [-0.4, -0.2) is 14.1 Å². The van der Waals surface area contributed by atoms with E-state index in [2.05, 4.69) is 91.8 Å². The van der Waals surface area contributed by atoms with E-state index in [0.29, 0.717) is 11.3 Å². The summed E-state index contributed by atoms with van der Waals surface area (Å²) in [7, 11) is 0. The van der Waals surface area contributed by atoms with Gasteiger partial charge in [-0.3, -0.25) is 4.98 Å². The summed E-state index contributed by atoms with van der Waals surface area (Å²) in [6.45, 7) is 8.01. The fraction of sp³-hybridized carbons (Fsp3) is 0. The Hall–Kier alpha value is -7.15. The van der Waals surface area contributed by atoms with Crippen LogP contribution in [0, 0.1) is 17.9 Å². The van der Waals surface area contributed by atoms with Crippen molar-refractivity contribution < 1.29 is 4.42 Å². The van der Waals surface area contributed by atoms with Crippen LogP contribution in [0.2, 0.25) is 0 Å². The number of nitriles is 1. The zero-order valence-electron chi connectivity index (χ0n) is 25.9. The van der Waals surface area contributed by atoms with Crippen LogP contribution in [0.4, 0.5) is 5.69 Å². The van der Waals surface area contributed by atoms with Gasteiger partial charge in [0.1, 0.15) is 11.2 Å². The average Bonchev–Trinajstić information content (AvgIpc) is 3.80. The fourth-order valence-electron chi connectivity index (χ4n) is 7.46. The van der Waals surface area contributed by atoms with Crippen LogP contribution in [0.3, 0.4) is 0 Å². The molecule has 10 aromatic rings. The summed E-state index contributed by atoms with van der Waals surface area (Å²) in [6.07, 6.45) is 3.76. The Labute approximate surface area is 279 Å². The molecule has 0 saturated heterocycles. The fourth-order valence-corrected chi connectivity index (χ4v) is 7.46. The molecule has 0 radical (unpaired) electrons. The number of furan rings is 1. The van der Waals surface area contributed by atoms with Crippen LogP contribution in [0.5, 0.6) is 0 Å². The van der Waals surface area contributed by atoms with E-state index >= 15 is 0 Å². The number of fused-ring (bicyclic) bond motifs is 9. The Morgan fingerprint density at radius 2 is 1.35 bits per heavy atom. The molecule has 49 heavy (non-hydrogen) atoms. The number of pyridine rings is 1. The van der Waals surface area contributed by atoms with Crippen molar-refractivity contribution in [2.24, 2.45) is 0 Å². The summed E-state index contributed by atoms with van der Waals surface area (Å²) in [5, 5.41) is 16.1. The van der Waals surface area contributed by atoms with Crippen molar-refractivity contribution in [2.75, 3.05) is 0 Å². The topological polar surface area (TPSA) is 64.0 Å². The third-order valence-corrected chi connectivity index (χ3v) is 9.60. The van der Waals surface area contributed by atoms with Crippen molar-refractivity contribution in [1.29, 1.82) is 5.26 Å². The molecule has 0 bridgehead atoms. The molecule has 6 heteroatoms. The molecule has 226 valence electrons. The van der Waals surface area contributed by atoms with Gasteiger partial charge in [0.25, 0.3) is 0 Å². The molecule has 0 saturated carbocycles. The number of rotatable bonds is 3. The number of hydrogen-bond donors (Lipinski definition) is 0. The minimum atomic E-state index is 0.547. The zero-order chi connectivity index (χ0) is 32.6. The van der Waals surface area contributed by atoms with E-state index in [1.54, 1.807) is 0 Å². The van der Waals surface area contributed by atoms with Crippen molar-refractivity contribution >= 4 is 71.2 Å². The summed E-state index contributed by atoms with van der Waals surface area (Å²) in [5.74, 6) is 0. The van der Waals surface area contributed by atoms with E-state index in [1.807, 2.05) is 73.1 Å². The molecule has 0 unspecified atom stereocenters. The number of para-hydroxylation sites is 2. The molecule has 0 aliphatic carbocycles. The molecule has 0 aliphatic rings. The van der Waals surface area contributed by atoms with E-state index < -0.39 is 0 Å². The molecule has 6 nitrogen and oxygen atoms in total. The van der Waals surface area contributed by atoms with Crippen LogP contribution >= 0.6 is 0 Å². The molecule has 0 atom stereocenters. The Kier molecular flexibility index (Phi) is 5.61. The van der Waals surface area contributed by atoms with Crippen LogP contribution in [0.25, 0.3) is 92.9 Å². The normalized spacial score (nSPS) is 11.6. The van der Waals surface area contributed by atoms with Crippen LogP contribution in [0.1, 0.15) is 5.56 Å². The number of nitrogens with zero attached hydrogens (tertiary/aromatic N) is 5. The van der Waals surface area contributed by atoms with Crippen molar-refractivity contribution in [3.8, 4) is 28.6 Å². The standard InChI is InChI=1S/C43H23N5O/c1-45-29-18-28(20-31(21-29)48-38-11-4-2-9-32(38)35-17-26(24-44)13-14-39(35)48)27-7-6-8-30(19-27)47-40-23-43-37(34-10-3-5-12-42(34)49-43)22-36(40)33-15-16-46-25-41(33)47/h2-23,25H. The van der Waals surface area contributed by atoms with Gasteiger partial charge in [-0.25, -0.2) is 4.85 Å². The highest BCUT2D eigenvalue weighted by molar-refractivity contribution is 6.17. The molecule has 4 heterocycles. The van der Waals surface area contributed by atoms with E-state index in [9.17, 15) is 5.26 Å². The van der Waals surface area contributed by atoms with Gasteiger partial charge in [-0.1, -0.05) is 48.5 Å². The van der Waals surface area contributed by atoms with Gasteiger partial charge in [-0.15, -0.1) is 0 Å². The Bertz CT molecular complexity index is 3090. The average molecular weight is 626 g/mol. The first-order valence-corrected chi connectivity index (χ1v) is 15.9. The quantitative estimate of drug-likeness (QED) is 0.184. The van der Waals surface area contributed by atoms with E-state index in [-0.39, 0.29) is 0 Å².